The summed E-state index contributed by atoms with van der Waals surface area (Å²) in [5.74, 6) is 1.53. The number of benzene rings is 1. The lowest BCUT2D eigenvalue weighted by molar-refractivity contribution is -0.134. The van der Waals surface area contributed by atoms with Crippen molar-refractivity contribution in [1.82, 2.24) is 15.0 Å². The van der Waals surface area contributed by atoms with Crippen molar-refractivity contribution in [2.45, 2.75) is 19.8 Å². The van der Waals surface area contributed by atoms with Gasteiger partial charge in [0.15, 0.2) is 5.82 Å². The molecule has 0 radical (unpaired) electrons. The van der Waals surface area contributed by atoms with Gasteiger partial charge in [-0.15, -0.1) is 0 Å². The molecule has 1 aromatic heterocycles. The second-order valence-corrected chi connectivity index (χ2v) is 7.33. The van der Waals surface area contributed by atoms with E-state index in [4.69, 9.17) is 20.9 Å². The highest BCUT2D eigenvalue weighted by Gasteiger charge is 2.21. The molecule has 8 nitrogen and oxygen atoms in total. The van der Waals surface area contributed by atoms with Crippen LogP contribution in [0.3, 0.4) is 0 Å². The summed E-state index contributed by atoms with van der Waals surface area (Å²) >= 11 is 5.86. The first-order valence-corrected chi connectivity index (χ1v) is 9.99. The number of anilines is 1. The topological polar surface area (TPSA) is 87.9 Å². The highest BCUT2D eigenvalue weighted by molar-refractivity contribution is 6.30. The van der Waals surface area contributed by atoms with Gasteiger partial charge in [-0.05, 0) is 31.2 Å². The fraction of sp³-hybridized carbons (Fsp3) is 0.450. The maximum absolute atomic E-state index is 12.4. The molecule has 0 unspecified atom stereocenters. The van der Waals surface area contributed by atoms with Crippen LogP contribution in [-0.4, -0.2) is 66.1 Å². The molecule has 0 aliphatic carbocycles. The summed E-state index contributed by atoms with van der Waals surface area (Å²) in [5, 5.41) is 7.01. The van der Waals surface area contributed by atoms with E-state index in [-0.39, 0.29) is 24.7 Å². The average molecular weight is 421 g/mol. The van der Waals surface area contributed by atoms with Crippen molar-refractivity contribution in [1.29, 1.82) is 0 Å². The second kappa shape index (κ2) is 10.3. The number of carbonyl (C=O) groups excluding carboxylic acids is 2. The van der Waals surface area contributed by atoms with Gasteiger partial charge < -0.3 is 19.5 Å². The molecule has 2 aromatic rings. The maximum Gasteiger partial charge on any atom is 0.226 e. The Balaban J connectivity index is 1.30. The van der Waals surface area contributed by atoms with Crippen molar-refractivity contribution >= 4 is 29.2 Å². The fourth-order valence-corrected chi connectivity index (χ4v) is 3.18. The Labute approximate surface area is 174 Å². The number of halogens is 1. The molecule has 2 amide bonds. The van der Waals surface area contributed by atoms with Crippen LogP contribution in [0.2, 0.25) is 5.02 Å². The minimum atomic E-state index is -0.246. The summed E-state index contributed by atoms with van der Waals surface area (Å²) in [7, 11) is 0. The Bertz CT molecular complexity index is 816. The number of nitrogens with zero attached hydrogens (tertiary/aromatic N) is 3. The minimum Gasteiger partial charge on any atom is -0.492 e. The molecule has 0 atom stereocenters. The van der Waals surface area contributed by atoms with Gasteiger partial charge >= 0.3 is 0 Å². The Hall–Kier alpha value is -2.58. The van der Waals surface area contributed by atoms with E-state index in [1.165, 1.54) is 0 Å². The van der Waals surface area contributed by atoms with E-state index < -0.39 is 0 Å². The number of hydrogen-bond donors (Lipinski definition) is 1. The molecule has 29 heavy (non-hydrogen) atoms. The number of piperazine rings is 1. The number of aromatic nitrogens is 1. The molecule has 3 rings (SSSR count). The van der Waals surface area contributed by atoms with Gasteiger partial charge in [0.05, 0.1) is 0 Å². The molecule has 2 heterocycles. The molecule has 1 fully saturated rings. The number of nitrogens with one attached hydrogen (secondary N) is 1. The summed E-state index contributed by atoms with van der Waals surface area (Å²) in [6, 6.07) is 8.93. The molecule has 1 aliphatic heterocycles. The fourth-order valence-electron chi connectivity index (χ4n) is 3.05. The first-order valence-electron chi connectivity index (χ1n) is 9.61. The van der Waals surface area contributed by atoms with Crippen LogP contribution in [0, 0.1) is 6.92 Å². The number of hydrogen-bond acceptors (Lipinski definition) is 6. The molecule has 1 aromatic carbocycles. The predicted molar refractivity (Wildman–Crippen MR) is 109 cm³/mol. The Kier molecular flexibility index (Phi) is 7.48. The molecule has 1 saturated heterocycles. The monoisotopic (exact) mass is 420 g/mol. The van der Waals surface area contributed by atoms with Gasteiger partial charge in [0.2, 0.25) is 11.8 Å². The highest BCUT2D eigenvalue weighted by atomic mass is 35.5. The van der Waals surface area contributed by atoms with Gasteiger partial charge in [0, 0.05) is 56.7 Å². The Morgan fingerprint density at radius 2 is 1.90 bits per heavy atom. The molecule has 0 spiro atoms. The molecular weight excluding hydrogens is 396 g/mol. The summed E-state index contributed by atoms with van der Waals surface area (Å²) in [5.41, 5.74) is 0. The molecule has 9 heteroatoms. The molecule has 0 bridgehead atoms. The van der Waals surface area contributed by atoms with Crippen molar-refractivity contribution in [3.8, 4) is 5.75 Å². The summed E-state index contributed by atoms with van der Waals surface area (Å²) < 4.78 is 10.6. The standard InChI is InChI=1S/C20H25ClN4O4/c1-15-14-18(23-29-15)22-19(26)6-7-20(27)25-10-8-24(9-11-25)12-13-28-17-4-2-16(21)3-5-17/h2-5,14H,6-13H2,1H3,(H,22,23,26). The van der Waals surface area contributed by atoms with E-state index in [0.29, 0.717) is 36.3 Å². The van der Waals surface area contributed by atoms with Crippen LogP contribution in [0.5, 0.6) is 5.75 Å². The molecule has 156 valence electrons. The minimum absolute atomic E-state index is 0.00597. The van der Waals surface area contributed by atoms with E-state index in [1.807, 2.05) is 17.0 Å². The number of ether oxygens (including phenoxy) is 1. The van der Waals surface area contributed by atoms with Crippen LogP contribution in [-0.2, 0) is 9.59 Å². The van der Waals surface area contributed by atoms with E-state index in [0.717, 1.165) is 25.4 Å². The first kappa shape index (κ1) is 21.1. The van der Waals surface area contributed by atoms with Gasteiger partial charge in [-0.1, -0.05) is 16.8 Å². The Morgan fingerprint density at radius 1 is 1.17 bits per heavy atom. The average Bonchev–Trinajstić information content (AvgIpc) is 3.12. The zero-order chi connectivity index (χ0) is 20.6. The van der Waals surface area contributed by atoms with E-state index in [1.54, 1.807) is 25.1 Å². The number of rotatable bonds is 8. The zero-order valence-corrected chi connectivity index (χ0v) is 17.2. The van der Waals surface area contributed by atoms with Crippen LogP contribution in [0.15, 0.2) is 34.9 Å². The van der Waals surface area contributed by atoms with Gasteiger partial charge in [-0.3, -0.25) is 14.5 Å². The Morgan fingerprint density at radius 3 is 2.55 bits per heavy atom. The lowest BCUT2D eigenvalue weighted by Crippen LogP contribution is -2.49. The van der Waals surface area contributed by atoms with Gasteiger partial charge in [0.25, 0.3) is 0 Å². The van der Waals surface area contributed by atoms with E-state index >= 15 is 0 Å². The van der Waals surface area contributed by atoms with Crippen LogP contribution < -0.4 is 10.1 Å². The summed E-state index contributed by atoms with van der Waals surface area (Å²) in [4.78, 5) is 28.3. The maximum atomic E-state index is 12.4. The third-order valence-corrected chi connectivity index (χ3v) is 4.93. The normalized spacial score (nSPS) is 14.6. The highest BCUT2D eigenvalue weighted by Crippen LogP contribution is 2.15. The summed E-state index contributed by atoms with van der Waals surface area (Å²) in [6.07, 6.45) is 0.308. The molecule has 0 saturated carbocycles. The smallest absolute Gasteiger partial charge is 0.226 e. The largest absolute Gasteiger partial charge is 0.492 e. The van der Waals surface area contributed by atoms with Crippen molar-refractivity contribution in [3.05, 3.63) is 41.1 Å². The van der Waals surface area contributed by atoms with Crippen molar-refractivity contribution < 1.29 is 18.8 Å². The predicted octanol–water partition coefficient (Wildman–Crippen LogP) is 2.58. The van der Waals surface area contributed by atoms with Gasteiger partial charge in [-0.25, -0.2) is 0 Å². The second-order valence-electron chi connectivity index (χ2n) is 6.90. The first-order chi connectivity index (χ1) is 14.0. The number of amides is 2. The third kappa shape index (κ3) is 6.76. The number of aryl methyl sites for hydroxylation is 1. The van der Waals surface area contributed by atoms with Crippen molar-refractivity contribution in [2.75, 3.05) is 44.6 Å². The SMILES string of the molecule is Cc1cc(NC(=O)CCC(=O)N2CCN(CCOc3ccc(Cl)cc3)CC2)no1. The summed E-state index contributed by atoms with van der Waals surface area (Å²) in [6.45, 7) is 6.02. The van der Waals surface area contributed by atoms with Crippen LogP contribution in [0.25, 0.3) is 0 Å². The van der Waals surface area contributed by atoms with Gasteiger partial charge in [-0.2, -0.15) is 0 Å². The zero-order valence-electron chi connectivity index (χ0n) is 16.4. The van der Waals surface area contributed by atoms with Gasteiger partial charge in [0.1, 0.15) is 18.1 Å². The lowest BCUT2D eigenvalue weighted by Gasteiger charge is -2.34. The van der Waals surface area contributed by atoms with E-state index in [2.05, 4.69) is 15.4 Å². The number of carbonyl (C=O) groups is 2. The quantitative estimate of drug-likeness (QED) is 0.706. The van der Waals surface area contributed by atoms with Crippen LogP contribution >= 0.6 is 11.6 Å². The van der Waals surface area contributed by atoms with Crippen molar-refractivity contribution in [3.63, 3.8) is 0 Å². The third-order valence-electron chi connectivity index (χ3n) is 4.68. The molecular formula is C20H25ClN4O4. The van der Waals surface area contributed by atoms with Crippen LogP contribution in [0.4, 0.5) is 5.82 Å². The van der Waals surface area contributed by atoms with Crippen LogP contribution in [0.1, 0.15) is 18.6 Å². The molecule has 1 N–H and O–H groups in total. The molecule has 1 aliphatic rings. The van der Waals surface area contributed by atoms with Crippen molar-refractivity contribution in [2.24, 2.45) is 0 Å². The lowest BCUT2D eigenvalue weighted by atomic mass is 10.2. The van der Waals surface area contributed by atoms with E-state index in [9.17, 15) is 9.59 Å².